The van der Waals surface area contributed by atoms with Crippen LogP contribution in [0.25, 0.3) is 10.6 Å². The standard InChI is InChI=1S/C23H25ClN4O2S/c1-22(2,3)25-21(30)23(4)14-28-18(12-17(26-28)19-9-6-10-31-19)20(29)27(23)13-15-7-5-8-16(24)11-15/h5-12H,13-14H2,1-4H3,(H,25,30)/t23-/m0/s1. The summed E-state index contributed by atoms with van der Waals surface area (Å²) in [5, 5.41) is 10.3. The highest BCUT2D eigenvalue weighted by Crippen LogP contribution is 2.33. The van der Waals surface area contributed by atoms with Gasteiger partial charge in [-0.1, -0.05) is 29.8 Å². The van der Waals surface area contributed by atoms with Gasteiger partial charge in [-0.05, 0) is 62.9 Å². The molecule has 1 N–H and O–H groups in total. The maximum Gasteiger partial charge on any atom is 0.273 e. The van der Waals surface area contributed by atoms with Crippen LogP contribution in [0.2, 0.25) is 5.02 Å². The molecular formula is C23H25ClN4O2S. The van der Waals surface area contributed by atoms with Gasteiger partial charge >= 0.3 is 0 Å². The third-order valence-corrected chi connectivity index (χ3v) is 6.41. The van der Waals surface area contributed by atoms with Gasteiger partial charge in [0.1, 0.15) is 16.9 Å². The molecule has 0 bridgehead atoms. The lowest BCUT2D eigenvalue weighted by Crippen LogP contribution is -2.65. The van der Waals surface area contributed by atoms with E-state index in [9.17, 15) is 9.59 Å². The summed E-state index contributed by atoms with van der Waals surface area (Å²) in [5.74, 6) is -0.442. The second-order valence-electron chi connectivity index (χ2n) is 9.05. The fourth-order valence-corrected chi connectivity index (χ4v) is 4.62. The zero-order valence-corrected chi connectivity index (χ0v) is 19.5. The molecule has 1 aromatic carbocycles. The van der Waals surface area contributed by atoms with Crippen LogP contribution in [0.4, 0.5) is 0 Å². The predicted octanol–water partition coefficient (Wildman–Crippen LogP) is 4.59. The Hall–Kier alpha value is -2.64. The fourth-order valence-electron chi connectivity index (χ4n) is 3.73. The van der Waals surface area contributed by atoms with E-state index in [1.165, 1.54) is 0 Å². The molecule has 1 aliphatic rings. The molecule has 0 unspecified atom stereocenters. The minimum absolute atomic E-state index is 0.214. The van der Waals surface area contributed by atoms with Crippen LogP contribution in [-0.2, 0) is 17.9 Å². The molecule has 8 heteroatoms. The molecule has 2 amide bonds. The first kappa shape index (κ1) is 21.6. The molecule has 31 heavy (non-hydrogen) atoms. The van der Waals surface area contributed by atoms with Crippen LogP contribution in [0, 0.1) is 0 Å². The minimum atomic E-state index is -1.11. The predicted molar refractivity (Wildman–Crippen MR) is 123 cm³/mol. The molecule has 1 atom stereocenters. The Labute approximate surface area is 190 Å². The molecule has 0 fully saturated rings. The lowest BCUT2D eigenvalue weighted by atomic mass is 9.92. The number of aromatic nitrogens is 2. The largest absolute Gasteiger partial charge is 0.349 e. The Kier molecular flexibility index (Phi) is 5.43. The van der Waals surface area contributed by atoms with Crippen LogP contribution in [0.3, 0.4) is 0 Å². The molecule has 2 aromatic heterocycles. The second-order valence-corrected chi connectivity index (χ2v) is 10.4. The number of carbonyl (C=O) groups excluding carboxylic acids is 2. The van der Waals surface area contributed by atoms with E-state index in [1.54, 1.807) is 40.0 Å². The van der Waals surface area contributed by atoms with Gasteiger partial charge in [-0.3, -0.25) is 14.3 Å². The average molecular weight is 457 g/mol. The molecule has 1 aliphatic heterocycles. The van der Waals surface area contributed by atoms with Gasteiger partial charge in [-0.15, -0.1) is 11.3 Å². The van der Waals surface area contributed by atoms with Crippen LogP contribution >= 0.6 is 22.9 Å². The highest BCUT2D eigenvalue weighted by molar-refractivity contribution is 7.13. The Balaban J connectivity index is 1.77. The third kappa shape index (κ3) is 4.25. The summed E-state index contributed by atoms with van der Waals surface area (Å²) in [6.07, 6.45) is 0. The molecule has 6 nitrogen and oxygen atoms in total. The van der Waals surface area contributed by atoms with Crippen molar-refractivity contribution in [2.24, 2.45) is 0 Å². The lowest BCUT2D eigenvalue weighted by Gasteiger charge is -2.44. The van der Waals surface area contributed by atoms with E-state index in [-0.39, 0.29) is 24.9 Å². The second kappa shape index (κ2) is 7.80. The van der Waals surface area contributed by atoms with Crippen LogP contribution in [-0.4, -0.2) is 37.6 Å². The van der Waals surface area contributed by atoms with Gasteiger partial charge in [-0.2, -0.15) is 5.10 Å². The van der Waals surface area contributed by atoms with Crippen molar-refractivity contribution in [2.75, 3.05) is 0 Å². The van der Waals surface area contributed by atoms with Gasteiger partial charge in [0.25, 0.3) is 5.91 Å². The summed E-state index contributed by atoms with van der Waals surface area (Å²) in [5.41, 5.74) is 0.533. The topological polar surface area (TPSA) is 67.2 Å². The summed E-state index contributed by atoms with van der Waals surface area (Å²) >= 11 is 7.73. The van der Waals surface area contributed by atoms with Crippen molar-refractivity contribution in [1.82, 2.24) is 20.0 Å². The zero-order valence-electron chi connectivity index (χ0n) is 18.0. The smallest absolute Gasteiger partial charge is 0.273 e. The quantitative estimate of drug-likeness (QED) is 0.624. The van der Waals surface area contributed by atoms with Crippen LogP contribution in [0.15, 0.2) is 47.8 Å². The van der Waals surface area contributed by atoms with Gasteiger partial charge in [0.05, 0.1) is 11.4 Å². The fraction of sp³-hybridized carbons (Fsp3) is 0.348. The van der Waals surface area contributed by atoms with Gasteiger partial charge in [0.15, 0.2) is 0 Å². The van der Waals surface area contributed by atoms with Crippen LogP contribution in [0.1, 0.15) is 43.7 Å². The van der Waals surface area contributed by atoms with Crippen molar-refractivity contribution >= 4 is 34.8 Å². The molecule has 3 aromatic rings. The van der Waals surface area contributed by atoms with Crippen molar-refractivity contribution in [3.05, 3.63) is 64.1 Å². The number of hydrogen-bond donors (Lipinski definition) is 1. The number of nitrogens with one attached hydrogen (secondary N) is 1. The summed E-state index contributed by atoms with van der Waals surface area (Å²) in [4.78, 5) is 29.7. The van der Waals surface area contributed by atoms with E-state index in [4.69, 9.17) is 11.6 Å². The minimum Gasteiger partial charge on any atom is -0.349 e. The van der Waals surface area contributed by atoms with Crippen molar-refractivity contribution in [3.8, 4) is 10.6 Å². The molecule has 0 spiro atoms. The highest BCUT2D eigenvalue weighted by atomic mass is 35.5. The van der Waals surface area contributed by atoms with E-state index >= 15 is 0 Å². The number of thiophene rings is 1. The van der Waals surface area contributed by atoms with Gasteiger partial charge in [-0.25, -0.2) is 0 Å². The Morgan fingerprint density at radius 3 is 2.68 bits per heavy atom. The summed E-state index contributed by atoms with van der Waals surface area (Å²) in [6, 6.07) is 13.1. The number of fused-ring (bicyclic) bond motifs is 1. The number of nitrogens with zero attached hydrogens (tertiary/aromatic N) is 3. The Morgan fingerprint density at radius 2 is 2.03 bits per heavy atom. The Bertz CT molecular complexity index is 1130. The Morgan fingerprint density at radius 1 is 1.26 bits per heavy atom. The number of hydrogen-bond acceptors (Lipinski definition) is 4. The maximum absolute atomic E-state index is 13.6. The van der Waals surface area contributed by atoms with Gasteiger partial charge in [0.2, 0.25) is 5.91 Å². The first-order valence-electron chi connectivity index (χ1n) is 10.1. The number of amides is 2. The van der Waals surface area contributed by atoms with Crippen molar-refractivity contribution in [2.45, 2.75) is 51.9 Å². The van der Waals surface area contributed by atoms with Crippen molar-refractivity contribution in [1.29, 1.82) is 0 Å². The van der Waals surface area contributed by atoms with E-state index in [2.05, 4.69) is 10.4 Å². The molecule has 4 rings (SSSR count). The summed E-state index contributed by atoms with van der Waals surface area (Å²) in [6.45, 7) is 8.11. The molecule has 0 saturated carbocycles. The maximum atomic E-state index is 13.6. The first-order valence-corrected chi connectivity index (χ1v) is 11.3. The summed E-state index contributed by atoms with van der Waals surface area (Å²) in [7, 11) is 0. The molecule has 3 heterocycles. The first-order chi connectivity index (χ1) is 14.6. The van der Waals surface area contributed by atoms with E-state index in [1.807, 2.05) is 56.5 Å². The number of rotatable bonds is 4. The lowest BCUT2D eigenvalue weighted by molar-refractivity contribution is -0.135. The van der Waals surface area contributed by atoms with Crippen LogP contribution in [0.5, 0.6) is 0 Å². The number of halogens is 1. The van der Waals surface area contributed by atoms with E-state index in [0.29, 0.717) is 10.7 Å². The number of carbonyl (C=O) groups is 2. The monoisotopic (exact) mass is 456 g/mol. The molecule has 162 valence electrons. The highest BCUT2D eigenvalue weighted by Gasteiger charge is 2.48. The molecule has 0 radical (unpaired) electrons. The zero-order chi connectivity index (χ0) is 22.4. The van der Waals surface area contributed by atoms with Crippen molar-refractivity contribution < 1.29 is 9.59 Å². The van der Waals surface area contributed by atoms with Crippen molar-refractivity contribution in [3.63, 3.8) is 0 Å². The van der Waals surface area contributed by atoms with E-state index in [0.717, 1.165) is 16.1 Å². The SMILES string of the molecule is CC(C)(C)NC(=O)[C@]1(C)Cn2nc(-c3cccs3)cc2C(=O)N1Cc1cccc(Cl)c1. The summed E-state index contributed by atoms with van der Waals surface area (Å²) < 4.78 is 1.66. The molecule has 0 aliphatic carbocycles. The number of benzene rings is 1. The van der Waals surface area contributed by atoms with Gasteiger partial charge in [0, 0.05) is 17.1 Å². The molecular weight excluding hydrogens is 432 g/mol. The van der Waals surface area contributed by atoms with Gasteiger partial charge < -0.3 is 10.2 Å². The van der Waals surface area contributed by atoms with Crippen LogP contribution < -0.4 is 5.32 Å². The normalized spacial score (nSPS) is 18.7. The molecule has 0 saturated heterocycles. The third-order valence-electron chi connectivity index (χ3n) is 5.28. The average Bonchev–Trinajstić information content (AvgIpc) is 3.33. The van der Waals surface area contributed by atoms with E-state index < -0.39 is 11.1 Å².